The standard InChI is InChI=1S/C18H19F3N4O3S/c1-3-25-16(22-23-17(25)28-11-18(19,20)21)12(2)24-29(26,27)15-9-8-13-6-4-5-7-14(13)10-15/h4-10,12,24H,3,11H2,1-2H3/t12-/m1/s1. The highest BCUT2D eigenvalue weighted by Gasteiger charge is 2.30. The van der Waals surface area contributed by atoms with Crippen molar-refractivity contribution in [1.82, 2.24) is 19.5 Å². The number of fused-ring (bicyclic) bond motifs is 1. The zero-order valence-corrected chi connectivity index (χ0v) is 16.5. The van der Waals surface area contributed by atoms with Crippen molar-refractivity contribution in [3.8, 4) is 6.01 Å². The van der Waals surface area contributed by atoms with Crippen molar-refractivity contribution in [3.63, 3.8) is 0 Å². The third kappa shape index (κ3) is 4.85. The summed E-state index contributed by atoms with van der Waals surface area (Å²) in [7, 11) is -3.90. The topological polar surface area (TPSA) is 86.1 Å². The maximum atomic E-state index is 12.8. The maximum Gasteiger partial charge on any atom is 0.422 e. The van der Waals surface area contributed by atoms with Gasteiger partial charge in [-0.3, -0.25) is 4.57 Å². The number of halogens is 3. The Hall–Kier alpha value is -2.66. The zero-order valence-electron chi connectivity index (χ0n) is 15.6. The van der Waals surface area contributed by atoms with Crippen LogP contribution in [-0.2, 0) is 16.6 Å². The van der Waals surface area contributed by atoms with Gasteiger partial charge in [-0.1, -0.05) is 35.4 Å². The van der Waals surface area contributed by atoms with E-state index in [4.69, 9.17) is 0 Å². The lowest BCUT2D eigenvalue weighted by molar-refractivity contribution is -0.155. The molecule has 29 heavy (non-hydrogen) atoms. The van der Waals surface area contributed by atoms with Gasteiger partial charge in [0.1, 0.15) is 0 Å². The molecule has 7 nitrogen and oxygen atoms in total. The number of alkyl halides is 3. The average Bonchev–Trinajstić information content (AvgIpc) is 3.08. The number of benzene rings is 2. The normalized spacial score (nSPS) is 13.6. The van der Waals surface area contributed by atoms with Gasteiger partial charge in [0.15, 0.2) is 12.4 Å². The molecular formula is C18H19F3N4O3S. The van der Waals surface area contributed by atoms with Crippen molar-refractivity contribution in [3.05, 3.63) is 48.3 Å². The molecule has 0 amide bonds. The summed E-state index contributed by atoms with van der Waals surface area (Å²) in [5.41, 5.74) is 0. The minimum atomic E-state index is -4.52. The number of hydrogen-bond acceptors (Lipinski definition) is 5. The lowest BCUT2D eigenvalue weighted by atomic mass is 10.1. The first-order chi connectivity index (χ1) is 13.6. The molecule has 156 valence electrons. The van der Waals surface area contributed by atoms with E-state index in [9.17, 15) is 21.6 Å². The number of sulfonamides is 1. The van der Waals surface area contributed by atoms with Crippen molar-refractivity contribution in [2.24, 2.45) is 0 Å². The Morgan fingerprint density at radius 2 is 1.83 bits per heavy atom. The lowest BCUT2D eigenvalue weighted by Crippen LogP contribution is -2.29. The second-order valence-electron chi connectivity index (χ2n) is 6.34. The monoisotopic (exact) mass is 428 g/mol. The fourth-order valence-electron chi connectivity index (χ4n) is 2.86. The highest BCUT2D eigenvalue weighted by molar-refractivity contribution is 7.89. The van der Waals surface area contributed by atoms with Gasteiger partial charge < -0.3 is 4.74 Å². The van der Waals surface area contributed by atoms with Crippen LogP contribution in [0.25, 0.3) is 10.8 Å². The highest BCUT2D eigenvalue weighted by Crippen LogP contribution is 2.23. The molecule has 3 aromatic rings. The number of nitrogens with zero attached hydrogens (tertiary/aromatic N) is 3. The van der Waals surface area contributed by atoms with Gasteiger partial charge in [0.25, 0.3) is 0 Å². The summed E-state index contributed by atoms with van der Waals surface area (Å²) in [6, 6.07) is 10.9. The molecule has 0 fully saturated rings. The predicted octanol–water partition coefficient (Wildman–Crippen LogP) is 3.43. The second kappa shape index (κ2) is 7.99. The van der Waals surface area contributed by atoms with Crippen LogP contribution in [0.3, 0.4) is 0 Å². The fraction of sp³-hybridized carbons (Fsp3) is 0.333. The van der Waals surface area contributed by atoms with E-state index in [2.05, 4.69) is 19.7 Å². The molecule has 0 bridgehead atoms. The van der Waals surface area contributed by atoms with E-state index in [1.165, 1.54) is 17.6 Å². The summed E-state index contributed by atoms with van der Waals surface area (Å²) in [5.74, 6) is 0.147. The Morgan fingerprint density at radius 1 is 1.14 bits per heavy atom. The van der Waals surface area contributed by atoms with Crippen LogP contribution in [-0.4, -0.2) is 36.0 Å². The van der Waals surface area contributed by atoms with Crippen molar-refractivity contribution in [2.45, 2.75) is 37.5 Å². The van der Waals surface area contributed by atoms with Crippen molar-refractivity contribution in [2.75, 3.05) is 6.61 Å². The molecule has 0 aliphatic carbocycles. The first-order valence-corrected chi connectivity index (χ1v) is 10.2. The van der Waals surface area contributed by atoms with Gasteiger partial charge in [-0.05, 0) is 36.8 Å². The van der Waals surface area contributed by atoms with Crippen LogP contribution in [0.2, 0.25) is 0 Å². The summed E-state index contributed by atoms with van der Waals surface area (Å²) < 4.78 is 71.2. The molecule has 1 heterocycles. The van der Waals surface area contributed by atoms with Crippen LogP contribution < -0.4 is 9.46 Å². The molecule has 0 unspecified atom stereocenters. The van der Waals surface area contributed by atoms with Crippen molar-refractivity contribution < 1.29 is 26.3 Å². The minimum Gasteiger partial charge on any atom is -0.454 e. The average molecular weight is 428 g/mol. The van der Waals surface area contributed by atoms with E-state index in [0.29, 0.717) is 0 Å². The second-order valence-corrected chi connectivity index (χ2v) is 8.05. The van der Waals surface area contributed by atoms with Gasteiger partial charge in [-0.2, -0.15) is 13.2 Å². The minimum absolute atomic E-state index is 0.0687. The third-order valence-electron chi connectivity index (χ3n) is 4.18. The Labute approximate surface area is 165 Å². The molecular weight excluding hydrogens is 409 g/mol. The van der Waals surface area contributed by atoms with Gasteiger partial charge in [-0.15, -0.1) is 5.10 Å². The van der Waals surface area contributed by atoms with Crippen LogP contribution >= 0.6 is 0 Å². The zero-order chi connectivity index (χ0) is 21.2. The van der Waals surface area contributed by atoms with Crippen LogP contribution in [0.15, 0.2) is 47.4 Å². The summed E-state index contributed by atoms with van der Waals surface area (Å²) >= 11 is 0. The lowest BCUT2D eigenvalue weighted by Gasteiger charge is -2.16. The summed E-state index contributed by atoms with van der Waals surface area (Å²) in [6.07, 6.45) is -4.52. The number of nitrogens with one attached hydrogen (secondary N) is 1. The third-order valence-corrected chi connectivity index (χ3v) is 5.72. The van der Waals surface area contributed by atoms with Crippen LogP contribution in [0.4, 0.5) is 13.2 Å². The largest absolute Gasteiger partial charge is 0.454 e. The number of hydrogen-bond donors (Lipinski definition) is 1. The summed E-state index contributed by atoms with van der Waals surface area (Å²) in [5, 5.41) is 9.09. The van der Waals surface area contributed by atoms with Crippen LogP contribution in [0.5, 0.6) is 6.01 Å². The van der Waals surface area contributed by atoms with Gasteiger partial charge in [0.2, 0.25) is 10.0 Å². The molecule has 0 aliphatic heterocycles. The number of rotatable bonds is 7. The molecule has 0 saturated heterocycles. The molecule has 0 saturated carbocycles. The summed E-state index contributed by atoms with van der Waals surface area (Å²) in [6.45, 7) is 1.89. The smallest absolute Gasteiger partial charge is 0.422 e. The molecule has 0 radical (unpaired) electrons. The van der Waals surface area contributed by atoms with E-state index in [1.54, 1.807) is 31.2 Å². The molecule has 11 heteroatoms. The first kappa shape index (κ1) is 21.1. The molecule has 1 atom stereocenters. The molecule has 2 aromatic carbocycles. The maximum absolute atomic E-state index is 12.8. The molecule has 1 N–H and O–H groups in total. The first-order valence-electron chi connectivity index (χ1n) is 8.74. The van der Waals surface area contributed by atoms with E-state index >= 15 is 0 Å². The predicted molar refractivity (Wildman–Crippen MR) is 99.9 cm³/mol. The SMILES string of the molecule is CCn1c(OCC(F)(F)F)nnc1[C@@H](C)NS(=O)(=O)c1ccc2ccccc2c1. The fourth-order valence-corrected chi connectivity index (χ4v) is 4.10. The van der Waals surface area contributed by atoms with Gasteiger partial charge >= 0.3 is 12.2 Å². The Bertz CT molecular complexity index is 1110. The van der Waals surface area contributed by atoms with Crippen LogP contribution in [0, 0.1) is 0 Å². The van der Waals surface area contributed by atoms with Gasteiger partial charge in [-0.25, -0.2) is 13.1 Å². The van der Waals surface area contributed by atoms with Crippen LogP contribution in [0.1, 0.15) is 25.7 Å². The Kier molecular flexibility index (Phi) is 5.80. The van der Waals surface area contributed by atoms with Gasteiger partial charge in [0.05, 0.1) is 10.9 Å². The molecule has 3 rings (SSSR count). The Morgan fingerprint density at radius 3 is 2.48 bits per heavy atom. The van der Waals surface area contributed by atoms with E-state index in [0.717, 1.165) is 10.8 Å². The Balaban J connectivity index is 1.83. The van der Waals surface area contributed by atoms with E-state index < -0.39 is 28.8 Å². The number of aromatic nitrogens is 3. The molecule has 0 spiro atoms. The molecule has 0 aliphatic rings. The molecule has 1 aromatic heterocycles. The van der Waals surface area contributed by atoms with E-state index in [-0.39, 0.29) is 23.3 Å². The van der Waals surface area contributed by atoms with E-state index in [1.807, 2.05) is 12.1 Å². The van der Waals surface area contributed by atoms with Crippen molar-refractivity contribution >= 4 is 20.8 Å². The number of ether oxygens (including phenoxy) is 1. The highest BCUT2D eigenvalue weighted by atomic mass is 32.2. The van der Waals surface area contributed by atoms with Gasteiger partial charge in [0, 0.05) is 6.54 Å². The summed E-state index contributed by atoms with van der Waals surface area (Å²) in [4.78, 5) is 0.0687. The van der Waals surface area contributed by atoms with Crippen molar-refractivity contribution in [1.29, 1.82) is 0 Å². The quantitative estimate of drug-likeness (QED) is 0.623.